The van der Waals surface area contributed by atoms with Gasteiger partial charge in [-0.1, -0.05) is 91.7 Å². The molecule has 0 aliphatic rings. The van der Waals surface area contributed by atoms with Crippen molar-refractivity contribution in [3.05, 3.63) is 101 Å². The van der Waals surface area contributed by atoms with Crippen molar-refractivity contribution >= 4 is 39.1 Å². The predicted molar refractivity (Wildman–Crippen MR) is 166 cm³/mol. The highest BCUT2D eigenvalue weighted by Crippen LogP contribution is 2.23. The van der Waals surface area contributed by atoms with Gasteiger partial charge in [0, 0.05) is 37.5 Å². The maximum absolute atomic E-state index is 13.9. The maximum atomic E-state index is 13.9. The van der Waals surface area contributed by atoms with Crippen molar-refractivity contribution < 1.29 is 18.0 Å². The van der Waals surface area contributed by atoms with E-state index in [-0.39, 0.29) is 43.7 Å². The Kier molecular flexibility index (Phi) is 11.8. The summed E-state index contributed by atoms with van der Waals surface area (Å²) in [6.45, 7) is 6.91. The lowest BCUT2D eigenvalue weighted by Crippen LogP contribution is -2.51. The molecule has 1 N–H and O–H groups in total. The summed E-state index contributed by atoms with van der Waals surface area (Å²) in [5.41, 5.74) is 3.40. The molecule has 0 aromatic heterocycles. The number of halogens is 1. The van der Waals surface area contributed by atoms with Crippen LogP contribution in [-0.2, 0) is 32.6 Å². The molecule has 9 heteroatoms. The summed E-state index contributed by atoms with van der Waals surface area (Å²) >= 11 is 6.11. The number of rotatable bonds is 14. The van der Waals surface area contributed by atoms with Crippen molar-refractivity contribution in [2.24, 2.45) is 5.92 Å². The van der Waals surface area contributed by atoms with E-state index >= 15 is 0 Å². The molecule has 3 rings (SSSR count). The molecule has 0 radical (unpaired) electrons. The van der Waals surface area contributed by atoms with Crippen molar-refractivity contribution in [1.82, 2.24) is 10.2 Å². The van der Waals surface area contributed by atoms with E-state index in [1.807, 2.05) is 75.4 Å². The van der Waals surface area contributed by atoms with Crippen molar-refractivity contribution in [2.45, 2.75) is 52.6 Å². The Morgan fingerprint density at radius 3 is 2.22 bits per heavy atom. The van der Waals surface area contributed by atoms with Crippen molar-refractivity contribution in [3.63, 3.8) is 0 Å². The first-order valence-corrected chi connectivity index (χ1v) is 16.1. The van der Waals surface area contributed by atoms with Crippen molar-refractivity contribution in [1.29, 1.82) is 0 Å². The summed E-state index contributed by atoms with van der Waals surface area (Å²) in [5, 5.41) is 3.44. The first-order valence-electron chi connectivity index (χ1n) is 13.8. The van der Waals surface area contributed by atoms with Crippen LogP contribution >= 0.6 is 11.6 Å². The number of nitrogens with one attached hydrogen (secondary N) is 1. The highest BCUT2D eigenvalue weighted by molar-refractivity contribution is 7.92. The lowest BCUT2D eigenvalue weighted by molar-refractivity contribution is -0.141. The smallest absolute Gasteiger partial charge is 0.243 e. The topological polar surface area (TPSA) is 86.8 Å². The van der Waals surface area contributed by atoms with Gasteiger partial charge >= 0.3 is 0 Å². The summed E-state index contributed by atoms with van der Waals surface area (Å²) in [4.78, 5) is 29.1. The van der Waals surface area contributed by atoms with E-state index in [1.54, 1.807) is 29.2 Å². The second kappa shape index (κ2) is 15.0. The van der Waals surface area contributed by atoms with Gasteiger partial charge in [-0.3, -0.25) is 13.9 Å². The number of carbonyl (C=O) groups excluding carboxylic acids is 2. The van der Waals surface area contributed by atoms with Crippen LogP contribution in [0.3, 0.4) is 0 Å². The Morgan fingerprint density at radius 1 is 0.927 bits per heavy atom. The minimum Gasteiger partial charge on any atom is -0.354 e. The molecule has 0 spiro atoms. The van der Waals surface area contributed by atoms with Crippen molar-refractivity contribution in [2.75, 3.05) is 23.7 Å². The number of hydrogen-bond donors (Lipinski definition) is 1. The van der Waals surface area contributed by atoms with Crippen LogP contribution in [0.15, 0.2) is 78.9 Å². The van der Waals surface area contributed by atoms with Gasteiger partial charge in [0.05, 0.1) is 11.9 Å². The number of hydrogen-bond acceptors (Lipinski definition) is 4. The van der Waals surface area contributed by atoms with Crippen LogP contribution in [0.1, 0.15) is 43.4 Å². The third kappa shape index (κ3) is 10.2. The largest absolute Gasteiger partial charge is 0.354 e. The molecule has 0 saturated carbocycles. The fourth-order valence-electron chi connectivity index (χ4n) is 4.50. The lowest BCUT2D eigenvalue weighted by Gasteiger charge is -2.32. The highest BCUT2D eigenvalue weighted by Gasteiger charge is 2.30. The molecule has 3 aromatic rings. The van der Waals surface area contributed by atoms with Crippen molar-refractivity contribution in [3.8, 4) is 0 Å². The van der Waals surface area contributed by atoms with Gasteiger partial charge in [0.15, 0.2) is 0 Å². The number of amides is 2. The van der Waals surface area contributed by atoms with E-state index < -0.39 is 16.1 Å². The minimum atomic E-state index is -3.61. The molecule has 1 atom stereocenters. The monoisotopic (exact) mass is 597 g/mol. The molecule has 41 heavy (non-hydrogen) atoms. The van der Waals surface area contributed by atoms with E-state index in [9.17, 15) is 18.0 Å². The van der Waals surface area contributed by atoms with Gasteiger partial charge < -0.3 is 10.2 Å². The molecule has 0 heterocycles. The van der Waals surface area contributed by atoms with Crippen LogP contribution in [-0.4, -0.2) is 50.5 Å². The molecule has 220 valence electrons. The Bertz CT molecular complexity index is 1400. The predicted octanol–water partition coefficient (Wildman–Crippen LogP) is 5.61. The van der Waals surface area contributed by atoms with Gasteiger partial charge in [-0.15, -0.1) is 0 Å². The Hall–Kier alpha value is -3.36. The highest BCUT2D eigenvalue weighted by atomic mass is 35.5. The van der Waals surface area contributed by atoms with Gasteiger partial charge in [0.25, 0.3) is 0 Å². The summed E-state index contributed by atoms with van der Waals surface area (Å²) in [6.07, 6.45) is 1.84. The Morgan fingerprint density at radius 2 is 1.61 bits per heavy atom. The average molecular weight is 598 g/mol. The standard InChI is InChI=1S/C32H40ClN3O4S/c1-24(2)22-34-32(38)30(20-26-10-6-5-7-11-26)35(23-27-17-15-25(3)16-18-27)31(37)14-9-19-36(41(4,39)40)29-13-8-12-28(33)21-29/h5-8,10-13,15-18,21,24,30H,9,14,19-20,22-23H2,1-4H3,(H,34,38)/t30-/m1/s1. The molecule has 0 bridgehead atoms. The number of sulfonamides is 1. The van der Waals surface area contributed by atoms with E-state index in [4.69, 9.17) is 11.6 Å². The van der Waals surface area contributed by atoms with E-state index in [2.05, 4.69) is 5.32 Å². The molecule has 7 nitrogen and oxygen atoms in total. The van der Waals surface area contributed by atoms with Gasteiger partial charge in [-0.2, -0.15) is 0 Å². The van der Waals surface area contributed by atoms with Crippen LogP contribution in [0.5, 0.6) is 0 Å². The number of aryl methyl sites for hydroxylation is 1. The second-order valence-electron chi connectivity index (χ2n) is 10.8. The Balaban J connectivity index is 1.87. The molecule has 0 aliphatic heterocycles. The van der Waals surface area contributed by atoms with Gasteiger partial charge in [-0.05, 0) is 48.6 Å². The second-order valence-corrected chi connectivity index (χ2v) is 13.1. The normalized spacial score (nSPS) is 12.1. The third-order valence-corrected chi connectivity index (χ3v) is 8.11. The quantitative estimate of drug-likeness (QED) is 0.262. The van der Waals surface area contributed by atoms with Crippen LogP contribution in [0.25, 0.3) is 0 Å². The molecule has 0 saturated heterocycles. The zero-order valence-electron chi connectivity index (χ0n) is 24.2. The number of benzene rings is 3. The van der Waals surface area contributed by atoms with Gasteiger partial charge in [0.1, 0.15) is 6.04 Å². The van der Waals surface area contributed by atoms with E-state index in [0.29, 0.717) is 23.7 Å². The van der Waals surface area contributed by atoms with E-state index in [0.717, 1.165) is 22.9 Å². The van der Waals surface area contributed by atoms with E-state index in [1.165, 1.54) is 4.31 Å². The molecule has 3 aromatic carbocycles. The first kappa shape index (κ1) is 32.2. The molecule has 0 aliphatic carbocycles. The fraction of sp³-hybridized carbons (Fsp3) is 0.375. The SMILES string of the molecule is Cc1ccc(CN(C(=O)CCCN(c2cccc(Cl)c2)S(C)(=O)=O)[C@H](Cc2ccccc2)C(=O)NCC(C)C)cc1. The Labute approximate surface area is 249 Å². The van der Waals surface area contributed by atoms with Crippen LogP contribution in [0.2, 0.25) is 5.02 Å². The van der Waals surface area contributed by atoms with Crippen LogP contribution in [0.4, 0.5) is 5.69 Å². The number of nitrogens with zero attached hydrogens (tertiary/aromatic N) is 2. The van der Waals surface area contributed by atoms with Crippen LogP contribution in [0, 0.1) is 12.8 Å². The van der Waals surface area contributed by atoms with Gasteiger partial charge in [0.2, 0.25) is 21.8 Å². The number of anilines is 1. The molecule has 2 amide bonds. The first-order chi connectivity index (χ1) is 19.4. The minimum absolute atomic E-state index is 0.0706. The summed E-state index contributed by atoms with van der Waals surface area (Å²) < 4.78 is 26.4. The van der Waals surface area contributed by atoms with Crippen LogP contribution < -0.4 is 9.62 Å². The summed E-state index contributed by atoms with van der Waals surface area (Å²) in [7, 11) is -3.61. The molecule has 0 unspecified atom stereocenters. The molecular weight excluding hydrogens is 558 g/mol. The third-order valence-electron chi connectivity index (χ3n) is 6.68. The fourth-order valence-corrected chi connectivity index (χ4v) is 5.64. The maximum Gasteiger partial charge on any atom is 0.243 e. The zero-order valence-corrected chi connectivity index (χ0v) is 25.8. The number of carbonyl (C=O) groups is 2. The molecule has 0 fully saturated rings. The molecular formula is C32H40ClN3O4S. The van der Waals surface area contributed by atoms with Gasteiger partial charge in [-0.25, -0.2) is 8.42 Å². The zero-order chi connectivity index (χ0) is 30.0. The average Bonchev–Trinajstić information content (AvgIpc) is 2.92. The summed E-state index contributed by atoms with van der Waals surface area (Å²) in [5.74, 6) is -0.170. The summed E-state index contributed by atoms with van der Waals surface area (Å²) in [6, 6.07) is 23.4. The lowest BCUT2D eigenvalue weighted by atomic mass is 10.0.